The Morgan fingerprint density at radius 1 is 1.27 bits per heavy atom. The van der Waals surface area contributed by atoms with Crippen LogP contribution >= 0.6 is 23.4 Å². The Balaban J connectivity index is 1.50. The number of ether oxygens (including phenoxy) is 2. The molecule has 1 unspecified atom stereocenters. The van der Waals surface area contributed by atoms with Crippen LogP contribution in [-0.2, 0) is 28.0 Å². The number of halogens is 1. The molecule has 3 rings (SSSR count). The zero-order valence-corrected chi connectivity index (χ0v) is 18.6. The van der Waals surface area contributed by atoms with E-state index in [1.165, 1.54) is 11.8 Å². The normalized spacial score (nSPS) is 16.4. The highest BCUT2D eigenvalue weighted by molar-refractivity contribution is 7.99. The first-order chi connectivity index (χ1) is 14.5. The number of benzene rings is 1. The topological polar surface area (TPSA) is 86.6 Å². The lowest BCUT2D eigenvalue weighted by molar-refractivity contribution is -0.151. The minimum atomic E-state index is -0.237. The van der Waals surface area contributed by atoms with Crippen molar-refractivity contribution in [1.29, 1.82) is 0 Å². The molecule has 1 aliphatic rings. The van der Waals surface area contributed by atoms with Crippen LogP contribution in [0.3, 0.4) is 0 Å². The molecule has 10 heteroatoms. The summed E-state index contributed by atoms with van der Waals surface area (Å²) in [5.41, 5.74) is 0. The maximum Gasteiger partial charge on any atom is 0.310 e. The van der Waals surface area contributed by atoms with Crippen LogP contribution in [0.15, 0.2) is 29.4 Å². The van der Waals surface area contributed by atoms with Crippen LogP contribution in [0, 0.1) is 5.92 Å². The molecule has 1 amide bonds. The monoisotopic (exact) mass is 452 g/mol. The van der Waals surface area contributed by atoms with Crippen molar-refractivity contribution >= 4 is 35.2 Å². The van der Waals surface area contributed by atoms with Crippen LogP contribution in [0.1, 0.15) is 25.6 Å². The highest BCUT2D eigenvalue weighted by Crippen LogP contribution is 2.22. The number of amides is 1. The van der Waals surface area contributed by atoms with Crippen molar-refractivity contribution in [1.82, 2.24) is 19.7 Å². The predicted molar refractivity (Wildman–Crippen MR) is 113 cm³/mol. The second-order valence-electron chi connectivity index (χ2n) is 6.92. The first-order valence-electron chi connectivity index (χ1n) is 9.81. The Labute approximate surface area is 184 Å². The molecule has 1 aliphatic heterocycles. The van der Waals surface area contributed by atoms with Crippen molar-refractivity contribution in [2.75, 3.05) is 25.4 Å². The number of carbonyl (C=O) groups excluding carboxylic acids is 2. The fourth-order valence-electron chi connectivity index (χ4n) is 3.15. The van der Waals surface area contributed by atoms with E-state index in [-0.39, 0.29) is 30.2 Å². The van der Waals surface area contributed by atoms with Crippen molar-refractivity contribution in [2.45, 2.75) is 31.5 Å². The minimum absolute atomic E-state index is 0.0176. The van der Waals surface area contributed by atoms with Gasteiger partial charge in [-0.1, -0.05) is 23.4 Å². The standard InChI is InChI=1S/C20H25ClN4O4S/c1-3-28-19(27)14-5-4-10-25(11-14)18(26)13-30-20-23-22-17(24(20)2)12-29-16-8-6-15(21)7-9-16/h6-9,14H,3-5,10-13H2,1-2H3. The molecule has 0 N–H and O–H groups in total. The van der Waals surface area contributed by atoms with Crippen LogP contribution < -0.4 is 4.74 Å². The fraction of sp³-hybridized carbons (Fsp3) is 0.500. The molecule has 2 aromatic rings. The van der Waals surface area contributed by atoms with E-state index < -0.39 is 0 Å². The molecule has 0 saturated carbocycles. The van der Waals surface area contributed by atoms with Crippen molar-refractivity contribution in [2.24, 2.45) is 13.0 Å². The zero-order chi connectivity index (χ0) is 21.5. The molecule has 1 aromatic heterocycles. The third-order valence-electron chi connectivity index (χ3n) is 4.83. The van der Waals surface area contributed by atoms with E-state index in [0.717, 1.165) is 12.8 Å². The quantitative estimate of drug-likeness (QED) is 0.449. The van der Waals surface area contributed by atoms with Gasteiger partial charge in [-0.2, -0.15) is 0 Å². The van der Waals surface area contributed by atoms with E-state index in [0.29, 0.717) is 41.4 Å². The number of piperidine rings is 1. The number of esters is 1. The van der Waals surface area contributed by atoms with Crippen LogP contribution in [0.4, 0.5) is 0 Å². The van der Waals surface area contributed by atoms with E-state index in [9.17, 15) is 9.59 Å². The lowest BCUT2D eigenvalue weighted by Gasteiger charge is -2.31. The molecule has 0 bridgehead atoms. The molecule has 0 spiro atoms. The van der Waals surface area contributed by atoms with E-state index in [1.807, 2.05) is 11.6 Å². The SMILES string of the molecule is CCOC(=O)C1CCCN(C(=O)CSc2nnc(COc3ccc(Cl)cc3)n2C)C1. The number of rotatable bonds is 8. The van der Waals surface area contributed by atoms with Crippen LogP contribution in [0.5, 0.6) is 5.75 Å². The van der Waals surface area contributed by atoms with Crippen LogP contribution in [0.2, 0.25) is 5.02 Å². The van der Waals surface area contributed by atoms with Crippen LogP contribution in [-0.4, -0.2) is 57.0 Å². The largest absolute Gasteiger partial charge is 0.486 e. The molecule has 30 heavy (non-hydrogen) atoms. The molecule has 0 aliphatic carbocycles. The van der Waals surface area contributed by atoms with Gasteiger partial charge in [-0.15, -0.1) is 10.2 Å². The summed E-state index contributed by atoms with van der Waals surface area (Å²) >= 11 is 7.19. The summed E-state index contributed by atoms with van der Waals surface area (Å²) in [6, 6.07) is 7.09. The van der Waals surface area contributed by atoms with Gasteiger partial charge in [0.05, 0.1) is 18.3 Å². The van der Waals surface area contributed by atoms with E-state index in [4.69, 9.17) is 21.1 Å². The second kappa shape index (κ2) is 10.7. The van der Waals surface area contributed by atoms with Crippen molar-refractivity contribution in [3.05, 3.63) is 35.1 Å². The summed E-state index contributed by atoms with van der Waals surface area (Å²) in [4.78, 5) is 26.3. The molecule has 1 aromatic carbocycles. The van der Waals surface area contributed by atoms with Gasteiger partial charge in [0.25, 0.3) is 0 Å². The van der Waals surface area contributed by atoms with Gasteiger partial charge in [0, 0.05) is 25.2 Å². The van der Waals surface area contributed by atoms with Gasteiger partial charge >= 0.3 is 5.97 Å². The molecule has 2 heterocycles. The molecular weight excluding hydrogens is 428 g/mol. The average Bonchev–Trinajstić information content (AvgIpc) is 3.11. The molecule has 1 atom stereocenters. The smallest absolute Gasteiger partial charge is 0.310 e. The maximum atomic E-state index is 12.6. The van der Waals surface area contributed by atoms with Crippen molar-refractivity contribution in [3.63, 3.8) is 0 Å². The Bertz CT molecular complexity index is 874. The zero-order valence-electron chi connectivity index (χ0n) is 17.0. The lowest BCUT2D eigenvalue weighted by atomic mass is 9.98. The number of aromatic nitrogens is 3. The Hall–Kier alpha value is -2.26. The summed E-state index contributed by atoms with van der Waals surface area (Å²) in [5.74, 6) is 1.10. The van der Waals surface area contributed by atoms with Gasteiger partial charge in [-0.25, -0.2) is 0 Å². The summed E-state index contributed by atoms with van der Waals surface area (Å²) in [6.45, 7) is 3.48. The summed E-state index contributed by atoms with van der Waals surface area (Å²) in [7, 11) is 1.84. The number of carbonyl (C=O) groups is 2. The second-order valence-corrected chi connectivity index (χ2v) is 8.30. The number of thioether (sulfide) groups is 1. The van der Waals surface area contributed by atoms with Gasteiger partial charge in [0.1, 0.15) is 12.4 Å². The van der Waals surface area contributed by atoms with Crippen molar-refractivity contribution in [3.8, 4) is 5.75 Å². The van der Waals surface area contributed by atoms with E-state index in [1.54, 1.807) is 36.1 Å². The van der Waals surface area contributed by atoms with Gasteiger partial charge in [0.2, 0.25) is 5.91 Å². The highest BCUT2D eigenvalue weighted by Gasteiger charge is 2.29. The van der Waals surface area contributed by atoms with Gasteiger partial charge in [-0.3, -0.25) is 9.59 Å². The molecule has 8 nitrogen and oxygen atoms in total. The van der Waals surface area contributed by atoms with Gasteiger partial charge < -0.3 is 18.9 Å². The molecular formula is C20H25ClN4O4S. The minimum Gasteiger partial charge on any atom is -0.486 e. The van der Waals surface area contributed by atoms with Gasteiger partial charge in [0.15, 0.2) is 11.0 Å². The average molecular weight is 453 g/mol. The highest BCUT2D eigenvalue weighted by atomic mass is 35.5. The maximum absolute atomic E-state index is 12.6. The predicted octanol–water partition coefficient (Wildman–Crippen LogP) is 2.94. The molecule has 1 fully saturated rings. The Morgan fingerprint density at radius 2 is 2.03 bits per heavy atom. The number of hydrogen-bond acceptors (Lipinski definition) is 7. The van der Waals surface area contributed by atoms with Crippen LogP contribution in [0.25, 0.3) is 0 Å². The third kappa shape index (κ3) is 5.89. The number of likely N-dealkylation sites (tertiary alicyclic amines) is 1. The first-order valence-corrected chi connectivity index (χ1v) is 11.2. The summed E-state index contributed by atoms with van der Waals surface area (Å²) in [6.07, 6.45) is 1.56. The van der Waals surface area contributed by atoms with Gasteiger partial charge in [-0.05, 0) is 44.0 Å². The van der Waals surface area contributed by atoms with E-state index in [2.05, 4.69) is 10.2 Å². The molecule has 162 valence electrons. The molecule has 1 saturated heterocycles. The summed E-state index contributed by atoms with van der Waals surface area (Å²) < 4.78 is 12.6. The number of hydrogen-bond donors (Lipinski definition) is 0. The van der Waals surface area contributed by atoms with E-state index >= 15 is 0 Å². The Kier molecular flexibility index (Phi) is 7.98. The Morgan fingerprint density at radius 3 is 2.77 bits per heavy atom. The fourth-order valence-corrected chi connectivity index (χ4v) is 4.11. The summed E-state index contributed by atoms with van der Waals surface area (Å²) in [5, 5.41) is 9.59. The van der Waals surface area contributed by atoms with Crippen molar-refractivity contribution < 1.29 is 19.1 Å². The third-order valence-corrected chi connectivity index (χ3v) is 6.08. The lowest BCUT2D eigenvalue weighted by Crippen LogP contribution is -2.43. The molecule has 0 radical (unpaired) electrons. The first kappa shape index (κ1) is 22.4. The number of nitrogens with zero attached hydrogens (tertiary/aromatic N) is 4.